The summed E-state index contributed by atoms with van der Waals surface area (Å²) in [5, 5.41) is 1.91. The van der Waals surface area contributed by atoms with Gasteiger partial charge in [-0.1, -0.05) is 10.7 Å². The molecule has 25 heavy (non-hydrogen) atoms. The van der Waals surface area contributed by atoms with Crippen LogP contribution in [-0.2, 0) is 9.59 Å². The molecule has 124 valence electrons. The minimum atomic E-state index is -0.842. The largest absolute Gasteiger partial charge is 0.398 e. The second kappa shape index (κ2) is 5.54. The van der Waals surface area contributed by atoms with Crippen molar-refractivity contribution in [2.24, 2.45) is 0 Å². The van der Waals surface area contributed by atoms with E-state index in [-0.39, 0.29) is 11.5 Å². The number of carbonyl (C=O) groups is 2. The molecule has 3 N–H and O–H groups in total. The van der Waals surface area contributed by atoms with Gasteiger partial charge in [-0.2, -0.15) is 0 Å². The Morgan fingerprint density at radius 1 is 1.24 bits per heavy atom. The van der Waals surface area contributed by atoms with Crippen molar-refractivity contribution < 1.29 is 9.59 Å². The van der Waals surface area contributed by atoms with Crippen molar-refractivity contribution in [1.29, 1.82) is 0 Å². The van der Waals surface area contributed by atoms with Gasteiger partial charge in [-0.15, -0.1) is 0 Å². The average molecular weight is 334 g/mol. The molecule has 1 aromatic heterocycles. The third-order valence-corrected chi connectivity index (χ3v) is 5.32. The van der Waals surface area contributed by atoms with Gasteiger partial charge in [-0.25, -0.2) is 4.98 Å². The molecule has 1 aliphatic rings. The number of nitrogens with two attached hydrogens (primary N) is 1. The second-order valence-electron chi connectivity index (χ2n) is 7.38. The van der Waals surface area contributed by atoms with E-state index in [1.165, 1.54) is 4.57 Å². The predicted octanol–water partition coefficient (Wildman–Crippen LogP) is -4.45. The fourth-order valence-electron chi connectivity index (χ4n) is 3.58. The van der Waals surface area contributed by atoms with Gasteiger partial charge < -0.3 is 5.73 Å². The van der Waals surface area contributed by atoms with Crippen molar-refractivity contribution >= 4 is 65.3 Å². The molecule has 0 saturated carbocycles. The van der Waals surface area contributed by atoms with E-state index >= 15 is 0 Å². The van der Waals surface area contributed by atoms with Crippen LogP contribution in [-0.4, -0.2) is 52.8 Å². The number of nitrogen functional groups attached to an aromatic ring is 1. The first-order valence-corrected chi connectivity index (χ1v) is 8.19. The number of nitrogens with one attached hydrogen (secondary N) is 1. The van der Waals surface area contributed by atoms with Gasteiger partial charge in [0.1, 0.15) is 43.3 Å². The van der Waals surface area contributed by atoms with Crippen molar-refractivity contribution in [2.45, 2.75) is 24.0 Å². The molecule has 3 rings (SSSR count). The van der Waals surface area contributed by atoms with E-state index in [4.69, 9.17) is 5.73 Å². The number of benzene rings is 1. The molecule has 7 nitrogen and oxygen atoms in total. The van der Waals surface area contributed by atoms with E-state index in [1.807, 2.05) is 23.5 Å². The summed E-state index contributed by atoms with van der Waals surface area (Å²) in [4.78, 5) is 42.3. The van der Waals surface area contributed by atoms with E-state index in [0.717, 1.165) is 5.46 Å². The molecule has 1 saturated heterocycles. The molecule has 1 aromatic carbocycles. The fourth-order valence-corrected chi connectivity index (χ4v) is 3.58. The van der Waals surface area contributed by atoms with E-state index in [2.05, 4.69) is 10.3 Å². The molecule has 1 aliphatic heterocycles. The Morgan fingerprint density at radius 3 is 2.52 bits per heavy atom. The standard InChI is InChI=1S/C14H18B4N4O3/c1-4-20-7-3-5(15)2-6(19)8(7)13(25)22(4)10-12(24)21-11(23)9(16)14(10,17)18/h2-3,9-10H,15-19H2,1H3,(H,21,23,24). The molecule has 2 aromatic rings. The van der Waals surface area contributed by atoms with E-state index < -0.39 is 23.0 Å². The zero-order valence-electron chi connectivity index (χ0n) is 15.0. The van der Waals surface area contributed by atoms with Crippen molar-refractivity contribution in [3.05, 3.63) is 28.3 Å². The van der Waals surface area contributed by atoms with Crippen LogP contribution in [0.15, 0.2) is 16.9 Å². The predicted molar refractivity (Wildman–Crippen MR) is 108 cm³/mol. The Kier molecular flexibility index (Phi) is 3.85. The Balaban J connectivity index is 2.34. The topological polar surface area (TPSA) is 107 Å². The maximum absolute atomic E-state index is 13.2. The quantitative estimate of drug-likeness (QED) is 0.311. The molecule has 0 bridgehead atoms. The number of carbonyl (C=O) groups excluding carboxylic acids is 2. The highest BCUT2D eigenvalue weighted by atomic mass is 16.2. The number of piperidine rings is 1. The number of amides is 2. The van der Waals surface area contributed by atoms with Crippen LogP contribution in [0.3, 0.4) is 0 Å². The number of aromatic nitrogens is 2. The average Bonchev–Trinajstić information content (AvgIpc) is 2.47. The van der Waals surface area contributed by atoms with Crippen molar-refractivity contribution in [1.82, 2.24) is 14.9 Å². The summed E-state index contributed by atoms with van der Waals surface area (Å²) in [5.74, 6) is -0.851. The summed E-state index contributed by atoms with van der Waals surface area (Å²) >= 11 is 0. The number of anilines is 1. The summed E-state index contributed by atoms with van der Waals surface area (Å²) < 4.78 is 1.37. The lowest BCUT2D eigenvalue weighted by atomic mass is 9.39. The lowest BCUT2D eigenvalue weighted by Gasteiger charge is -2.43. The van der Waals surface area contributed by atoms with Crippen molar-refractivity contribution in [3.63, 3.8) is 0 Å². The summed E-state index contributed by atoms with van der Waals surface area (Å²) in [7, 11) is 7.26. The van der Waals surface area contributed by atoms with Gasteiger partial charge >= 0.3 is 0 Å². The van der Waals surface area contributed by atoms with Gasteiger partial charge in [0.2, 0.25) is 11.8 Å². The van der Waals surface area contributed by atoms with E-state index in [0.29, 0.717) is 22.4 Å². The number of hydrogen-bond donors (Lipinski definition) is 2. The summed E-state index contributed by atoms with van der Waals surface area (Å²) in [6.07, 6.45) is 0. The van der Waals surface area contributed by atoms with Gasteiger partial charge in [-0.3, -0.25) is 24.3 Å². The summed E-state index contributed by atoms with van der Waals surface area (Å²) in [6.45, 7) is 1.68. The Labute approximate surface area is 148 Å². The Bertz CT molecular complexity index is 988. The highest BCUT2D eigenvalue weighted by molar-refractivity contribution is 6.50. The summed E-state index contributed by atoms with van der Waals surface area (Å²) in [5.41, 5.74) is 7.43. The maximum Gasteiger partial charge on any atom is 0.264 e. The number of aryl methyl sites for hydroxylation is 1. The van der Waals surface area contributed by atoms with Crippen LogP contribution < -0.4 is 22.1 Å². The number of hydrogen-bond acceptors (Lipinski definition) is 5. The van der Waals surface area contributed by atoms with Crippen molar-refractivity contribution in [3.8, 4) is 0 Å². The third-order valence-electron chi connectivity index (χ3n) is 5.32. The Hall–Kier alpha value is -2.44. The first-order valence-electron chi connectivity index (χ1n) is 8.19. The molecular formula is C14H18B4N4O3. The molecule has 1 fully saturated rings. The molecule has 2 unspecified atom stereocenters. The fraction of sp³-hybridized carbons (Fsp3) is 0.286. The normalized spacial score (nSPS) is 22.8. The van der Waals surface area contributed by atoms with Crippen LogP contribution in [0.2, 0.25) is 11.0 Å². The molecule has 2 heterocycles. The van der Waals surface area contributed by atoms with Gasteiger partial charge in [-0.05, 0) is 19.1 Å². The van der Waals surface area contributed by atoms with Gasteiger partial charge in [0.25, 0.3) is 5.56 Å². The van der Waals surface area contributed by atoms with Gasteiger partial charge in [0.05, 0.1) is 10.9 Å². The number of rotatable bonds is 1. The molecule has 0 radical (unpaired) electrons. The molecule has 2 atom stereocenters. The summed E-state index contributed by atoms with van der Waals surface area (Å²) in [6, 6.07) is 2.66. The first kappa shape index (κ1) is 17.4. The first-order chi connectivity index (χ1) is 11.6. The molecule has 2 amide bonds. The minimum Gasteiger partial charge on any atom is -0.398 e. The molecule has 11 heteroatoms. The smallest absolute Gasteiger partial charge is 0.264 e. The number of fused-ring (bicyclic) bond motifs is 1. The minimum absolute atomic E-state index is 0.296. The van der Waals surface area contributed by atoms with Crippen LogP contribution in [0.25, 0.3) is 10.9 Å². The Morgan fingerprint density at radius 2 is 1.88 bits per heavy atom. The van der Waals surface area contributed by atoms with Crippen LogP contribution in [0.5, 0.6) is 0 Å². The third kappa shape index (κ3) is 2.49. The van der Waals surface area contributed by atoms with Crippen LogP contribution in [0.1, 0.15) is 11.9 Å². The van der Waals surface area contributed by atoms with Crippen LogP contribution >= 0.6 is 0 Å². The zero-order chi connectivity index (χ0) is 18.7. The van der Waals surface area contributed by atoms with Gasteiger partial charge in [0.15, 0.2) is 0 Å². The van der Waals surface area contributed by atoms with Crippen LogP contribution in [0.4, 0.5) is 5.69 Å². The monoisotopic (exact) mass is 334 g/mol. The number of nitrogens with zero attached hydrogens (tertiary/aromatic N) is 2. The molecular weight excluding hydrogens is 315 g/mol. The lowest BCUT2D eigenvalue weighted by Crippen LogP contribution is -2.55. The van der Waals surface area contributed by atoms with Crippen molar-refractivity contribution in [2.75, 3.05) is 5.73 Å². The van der Waals surface area contributed by atoms with Crippen LogP contribution in [0, 0.1) is 6.92 Å². The lowest BCUT2D eigenvalue weighted by molar-refractivity contribution is -0.136. The van der Waals surface area contributed by atoms with Gasteiger partial charge in [0, 0.05) is 11.5 Å². The van der Waals surface area contributed by atoms with E-state index in [1.54, 1.807) is 26.9 Å². The SMILES string of the molecule is Bc1cc(N)c2c(=O)n(C3C(=O)NC(=O)C(B)C3(B)B)c(C)nc2c1. The molecule has 0 spiro atoms. The second-order valence-corrected chi connectivity index (χ2v) is 7.38. The zero-order valence-corrected chi connectivity index (χ0v) is 15.0. The maximum atomic E-state index is 13.2. The van der Waals surface area contributed by atoms with E-state index in [9.17, 15) is 14.4 Å². The molecule has 0 aliphatic carbocycles. The highest BCUT2D eigenvalue weighted by Gasteiger charge is 2.48. The number of imide groups is 1. The highest BCUT2D eigenvalue weighted by Crippen LogP contribution is 2.45.